The van der Waals surface area contributed by atoms with Crippen LogP contribution in [0.4, 0.5) is 0 Å². The Balaban J connectivity index is 1.61. The number of carbonyl (C=O) groups excluding carboxylic acids is 1. The highest BCUT2D eigenvalue weighted by Gasteiger charge is 2.11. The molecular formula is C22H26ClN3O. The van der Waals surface area contributed by atoms with Gasteiger partial charge in [0.1, 0.15) is 5.82 Å². The van der Waals surface area contributed by atoms with Crippen molar-refractivity contribution in [2.24, 2.45) is 0 Å². The number of para-hydroxylation sites is 2. The predicted molar refractivity (Wildman–Crippen MR) is 111 cm³/mol. The van der Waals surface area contributed by atoms with Crippen molar-refractivity contribution in [3.05, 3.63) is 64.9 Å². The molecule has 0 fully saturated rings. The van der Waals surface area contributed by atoms with Crippen LogP contribution in [0.1, 0.15) is 37.6 Å². The molecular weight excluding hydrogens is 358 g/mol. The van der Waals surface area contributed by atoms with E-state index in [2.05, 4.69) is 28.9 Å². The maximum absolute atomic E-state index is 12.2. The first-order valence-electron chi connectivity index (χ1n) is 9.63. The first-order chi connectivity index (χ1) is 13.2. The summed E-state index contributed by atoms with van der Waals surface area (Å²) in [4.78, 5) is 17.0. The molecule has 2 aromatic carbocycles. The Bertz CT molecular complexity index is 903. The van der Waals surface area contributed by atoms with Gasteiger partial charge in [0.25, 0.3) is 0 Å². The lowest BCUT2D eigenvalue weighted by Gasteiger charge is -2.10. The highest BCUT2D eigenvalue weighted by molar-refractivity contribution is 6.31. The second kappa shape index (κ2) is 9.56. The van der Waals surface area contributed by atoms with Crippen molar-refractivity contribution in [3.8, 4) is 0 Å². The van der Waals surface area contributed by atoms with Crippen LogP contribution in [-0.4, -0.2) is 22.0 Å². The number of aromatic nitrogens is 2. The van der Waals surface area contributed by atoms with Gasteiger partial charge in [-0.15, -0.1) is 0 Å². The monoisotopic (exact) mass is 383 g/mol. The van der Waals surface area contributed by atoms with Crippen LogP contribution in [0, 0.1) is 0 Å². The smallest absolute Gasteiger partial charge is 0.224 e. The second-order valence-corrected chi connectivity index (χ2v) is 7.15. The first kappa shape index (κ1) is 19.4. The summed E-state index contributed by atoms with van der Waals surface area (Å²) in [6.45, 7) is 3.75. The topological polar surface area (TPSA) is 46.9 Å². The van der Waals surface area contributed by atoms with E-state index in [0.29, 0.717) is 18.0 Å². The van der Waals surface area contributed by atoms with E-state index in [9.17, 15) is 4.79 Å². The molecule has 4 nitrogen and oxygen atoms in total. The molecule has 0 unspecified atom stereocenters. The van der Waals surface area contributed by atoms with E-state index in [4.69, 9.17) is 16.6 Å². The van der Waals surface area contributed by atoms with Gasteiger partial charge in [-0.3, -0.25) is 4.79 Å². The highest BCUT2D eigenvalue weighted by atomic mass is 35.5. The number of imidazole rings is 1. The van der Waals surface area contributed by atoms with E-state index >= 15 is 0 Å². The average molecular weight is 384 g/mol. The number of hydrogen-bond donors (Lipinski definition) is 1. The van der Waals surface area contributed by atoms with Crippen LogP contribution in [0.3, 0.4) is 0 Å². The minimum Gasteiger partial charge on any atom is -0.355 e. The molecule has 142 valence electrons. The molecule has 27 heavy (non-hydrogen) atoms. The summed E-state index contributed by atoms with van der Waals surface area (Å²) in [6.07, 6.45) is 4.56. The van der Waals surface area contributed by atoms with E-state index in [0.717, 1.165) is 36.3 Å². The van der Waals surface area contributed by atoms with E-state index in [-0.39, 0.29) is 5.91 Å². The Morgan fingerprint density at radius 1 is 1.11 bits per heavy atom. The highest BCUT2D eigenvalue weighted by Crippen LogP contribution is 2.18. The van der Waals surface area contributed by atoms with Crippen LogP contribution in [-0.2, 0) is 24.2 Å². The van der Waals surface area contributed by atoms with Crippen LogP contribution in [0.5, 0.6) is 0 Å². The summed E-state index contributed by atoms with van der Waals surface area (Å²) in [7, 11) is 0. The van der Waals surface area contributed by atoms with Crippen LogP contribution >= 0.6 is 11.6 Å². The van der Waals surface area contributed by atoms with E-state index in [1.807, 2.05) is 36.4 Å². The van der Waals surface area contributed by atoms with E-state index in [1.165, 1.54) is 18.4 Å². The maximum Gasteiger partial charge on any atom is 0.224 e. The summed E-state index contributed by atoms with van der Waals surface area (Å²) in [5, 5.41) is 3.62. The molecule has 3 aromatic rings. The minimum atomic E-state index is -0.0169. The number of aryl methyl sites for hydroxylation is 1. The number of nitrogens with zero attached hydrogens (tertiary/aromatic N) is 2. The van der Waals surface area contributed by atoms with Crippen molar-refractivity contribution >= 4 is 28.5 Å². The zero-order valence-corrected chi connectivity index (χ0v) is 16.5. The Kier molecular flexibility index (Phi) is 6.88. The lowest BCUT2D eigenvalue weighted by molar-refractivity contribution is -0.120. The lowest BCUT2D eigenvalue weighted by atomic mass is 10.1. The number of unbranched alkanes of at least 4 members (excludes halogenated alkanes) is 2. The van der Waals surface area contributed by atoms with Gasteiger partial charge >= 0.3 is 0 Å². The Morgan fingerprint density at radius 2 is 1.89 bits per heavy atom. The molecule has 0 saturated carbocycles. The van der Waals surface area contributed by atoms with Crippen molar-refractivity contribution in [2.45, 2.75) is 45.6 Å². The standard InChI is InChI=1S/C22H26ClN3O/c1-2-3-8-15-26-20-12-7-6-11-19(20)25-21(26)13-14-24-22(27)16-17-9-4-5-10-18(17)23/h4-7,9-12H,2-3,8,13-16H2,1H3,(H,24,27). The molecule has 0 aliphatic rings. The van der Waals surface area contributed by atoms with Gasteiger partial charge in [0, 0.05) is 24.5 Å². The van der Waals surface area contributed by atoms with E-state index in [1.54, 1.807) is 0 Å². The number of carbonyl (C=O) groups is 1. The fraction of sp³-hybridized carbons (Fsp3) is 0.364. The molecule has 1 heterocycles. The molecule has 0 radical (unpaired) electrons. The third-order valence-corrected chi connectivity index (χ3v) is 5.07. The molecule has 3 rings (SSSR count). The molecule has 1 N–H and O–H groups in total. The van der Waals surface area contributed by atoms with Crippen LogP contribution in [0.15, 0.2) is 48.5 Å². The van der Waals surface area contributed by atoms with Gasteiger partial charge in [0.2, 0.25) is 5.91 Å². The van der Waals surface area contributed by atoms with Crippen molar-refractivity contribution in [1.82, 2.24) is 14.9 Å². The Labute approximate surface area is 165 Å². The summed E-state index contributed by atoms with van der Waals surface area (Å²) in [5.74, 6) is 1.02. The summed E-state index contributed by atoms with van der Waals surface area (Å²) in [5.41, 5.74) is 3.04. The van der Waals surface area contributed by atoms with Crippen LogP contribution in [0.2, 0.25) is 5.02 Å². The minimum absolute atomic E-state index is 0.0169. The zero-order chi connectivity index (χ0) is 19.1. The van der Waals surface area contributed by atoms with Crippen molar-refractivity contribution in [3.63, 3.8) is 0 Å². The van der Waals surface area contributed by atoms with E-state index < -0.39 is 0 Å². The molecule has 1 amide bonds. The second-order valence-electron chi connectivity index (χ2n) is 6.74. The number of nitrogens with one attached hydrogen (secondary N) is 1. The average Bonchev–Trinajstić information content (AvgIpc) is 3.01. The van der Waals surface area contributed by atoms with Gasteiger partial charge in [-0.25, -0.2) is 4.98 Å². The molecule has 0 bridgehead atoms. The van der Waals surface area contributed by atoms with Crippen molar-refractivity contribution in [2.75, 3.05) is 6.54 Å². The third kappa shape index (κ3) is 5.10. The van der Waals surface area contributed by atoms with Crippen molar-refractivity contribution < 1.29 is 4.79 Å². The largest absolute Gasteiger partial charge is 0.355 e. The normalized spacial score (nSPS) is 11.0. The third-order valence-electron chi connectivity index (χ3n) is 4.70. The Hall–Kier alpha value is -2.33. The lowest BCUT2D eigenvalue weighted by Crippen LogP contribution is -2.28. The van der Waals surface area contributed by atoms with Gasteiger partial charge in [0.05, 0.1) is 17.5 Å². The molecule has 5 heteroatoms. The SMILES string of the molecule is CCCCCn1c(CCNC(=O)Cc2ccccc2Cl)nc2ccccc21. The van der Waals surface area contributed by atoms with Crippen LogP contribution in [0.25, 0.3) is 11.0 Å². The van der Waals surface area contributed by atoms with Crippen molar-refractivity contribution in [1.29, 1.82) is 0 Å². The summed E-state index contributed by atoms with van der Waals surface area (Å²) < 4.78 is 2.30. The van der Waals surface area contributed by atoms with Gasteiger partial charge in [0.15, 0.2) is 0 Å². The molecule has 1 aromatic heterocycles. The molecule has 0 aliphatic carbocycles. The number of fused-ring (bicyclic) bond motifs is 1. The molecule has 0 atom stereocenters. The van der Waals surface area contributed by atoms with Crippen LogP contribution < -0.4 is 5.32 Å². The number of hydrogen-bond acceptors (Lipinski definition) is 2. The predicted octanol–water partition coefficient (Wildman–Crippen LogP) is 4.78. The number of amides is 1. The fourth-order valence-electron chi connectivity index (χ4n) is 3.28. The first-order valence-corrected chi connectivity index (χ1v) is 10.0. The number of halogens is 1. The number of benzene rings is 2. The maximum atomic E-state index is 12.2. The quantitative estimate of drug-likeness (QED) is 0.540. The Morgan fingerprint density at radius 3 is 2.70 bits per heavy atom. The molecule has 0 aliphatic heterocycles. The molecule has 0 spiro atoms. The molecule has 0 saturated heterocycles. The van der Waals surface area contributed by atoms with Gasteiger partial charge in [-0.1, -0.05) is 61.7 Å². The van der Waals surface area contributed by atoms with Gasteiger partial charge in [-0.2, -0.15) is 0 Å². The fourth-order valence-corrected chi connectivity index (χ4v) is 3.48. The zero-order valence-electron chi connectivity index (χ0n) is 15.7. The number of rotatable bonds is 9. The summed E-state index contributed by atoms with van der Waals surface area (Å²) >= 11 is 6.13. The van der Waals surface area contributed by atoms with Gasteiger partial charge in [-0.05, 0) is 30.2 Å². The summed E-state index contributed by atoms with van der Waals surface area (Å²) in [6, 6.07) is 15.7. The van der Waals surface area contributed by atoms with Gasteiger partial charge < -0.3 is 9.88 Å².